The normalized spacial score (nSPS) is 26.0. The van der Waals surface area contributed by atoms with Gasteiger partial charge in [-0.25, -0.2) is 4.90 Å². The number of fused-ring (bicyclic) bond motifs is 1. The van der Waals surface area contributed by atoms with Crippen LogP contribution in [0.4, 0.5) is 5.69 Å². The standard InChI is InChI=1S/C34H21Cl2NO3/c35-33-24-11-3-4-12-25(24)34(36,27-14-6-5-13-26(27)33)30-29(33)31(38)37(32(30)39)21-16-18-22(19-17-21)40-28-15-7-9-20-8-1-2-10-23(20)28/h1-19,29-30H/t29-,30+,33?,34?. The van der Waals surface area contributed by atoms with E-state index in [0.717, 1.165) is 38.8 Å². The minimum absolute atomic E-state index is 0.346. The van der Waals surface area contributed by atoms with Crippen LogP contribution in [0.25, 0.3) is 10.8 Å². The highest BCUT2D eigenvalue weighted by molar-refractivity contribution is 6.38. The van der Waals surface area contributed by atoms with E-state index < -0.39 is 21.6 Å². The molecule has 0 saturated carbocycles. The van der Waals surface area contributed by atoms with Crippen LogP contribution in [-0.4, -0.2) is 11.8 Å². The third-order valence-corrected chi connectivity index (χ3v) is 9.94. The Morgan fingerprint density at radius 1 is 0.575 bits per heavy atom. The third-order valence-electron chi connectivity index (χ3n) is 8.66. The fraction of sp³-hybridized carbons (Fsp3) is 0.118. The number of anilines is 1. The van der Waals surface area contributed by atoms with Crippen molar-refractivity contribution in [2.75, 3.05) is 4.90 Å². The summed E-state index contributed by atoms with van der Waals surface area (Å²) in [6.45, 7) is 0. The lowest BCUT2D eigenvalue weighted by atomic mass is 9.54. The van der Waals surface area contributed by atoms with Crippen molar-refractivity contribution in [3.63, 3.8) is 0 Å². The highest BCUT2D eigenvalue weighted by Gasteiger charge is 2.73. The Morgan fingerprint density at radius 3 is 1.60 bits per heavy atom. The summed E-state index contributed by atoms with van der Waals surface area (Å²) in [5.41, 5.74) is 3.60. The predicted molar refractivity (Wildman–Crippen MR) is 156 cm³/mol. The first-order chi connectivity index (χ1) is 19.4. The molecule has 0 aromatic heterocycles. The number of hydrogen-bond donors (Lipinski definition) is 0. The van der Waals surface area contributed by atoms with Gasteiger partial charge in [0.2, 0.25) is 11.8 Å². The molecule has 9 rings (SSSR count). The van der Waals surface area contributed by atoms with Gasteiger partial charge in [0.15, 0.2) is 0 Å². The maximum atomic E-state index is 14.2. The average molecular weight is 562 g/mol. The van der Waals surface area contributed by atoms with Gasteiger partial charge in [-0.15, -0.1) is 23.2 Å². The number of carbonyl (C=O) groups excluding carboxylic acids is 2. The van der Waals surface area contributed by atoms with E-state index in [1.165, 1.54) is 4.90 Å². The van der Waals surface area contributed by atoms with Gasteiger partial charge >= 0.3 is 0 Å². The maximum Gasteiger partial charge on any atom is 0.240 e. The van der Waals surface area contributed by atoms with Gasteiger partial charge in [-0.2, -0.15) is 0 Å². The molecular weight excluding hydrogens is 541 g/mol. The number of imide groups is 1. The number of amides is 2. The predicted octanol–water partition coefficient (Wildman–Crippen LogP) is 7.73. The van der Waals surface area contributed by atoms with Crippen molar-refractivity contribution < 1.29 is 14.3 Å². The van der Waals surface area contributed by atoms with Gasteiger partial charge in [-0.05, 0) is 58.0 Å². The van der Waals surface area contributed by atoms with Crippen molar-refractivity contribution in [2.24, 2.45) is 11.8 Å². The van der Waals surface area contributed by atoms with E-state index in [1.54, 1.807) is 24.3 Å². The van der Waals surface area contributed by atoms with Crippen LogP contribution >= 0.6 is 23.2 Å². The Hall–Kier alpha value is -4.12. The molecule has 5 aromatic rings. The molecule has 2 amide bonds. The molecule has 5 aromatic carbocycles. The number of rotatable bonds is 3. The van der Waals surface area contributed by atoms with Crippen LogP contribution in [0.15, 0.2) is 115 Å². The smallest absolute Gasteiger partial charge is 0.240 e. The van der Waals surface area contributed by atoms with Gasteiger partial charge in [0.1, 0.15) is 21.2 Å². The van der Waals surface area contributed by atoms with Gasteiger partial charge in [0, 0.05) is 5.39 Å². The molecule has 1 saturated heterocycles. The lowest BCUT2D eigenvalue weighted by molar-refractivity contribution is -0.122. The zero-order valence-electron chi connectivity index (χ0n) is 21.1. The molecule has 0 radical (unpaired) electrons. The largest absolute Gasteiger partial charge is 0.457 e. The number of benzene rings is 5. The summed E-state index contributed by atoms with van der Waals surface area (Å²) in [6.07, 6.45) is 0. The molecule has 1 aliphatic heterocycles. The SMILES string of the molecule is O=C1[C@@H]2[C@H](C(=O)N1c1ccc(Oc3cccc4ccccc34)cc1)C1(Cl)c3ccccc3C2(Cl)c2ccccc21. The van der Waals surface area contributed by atoms with Crippen LogP contribution in [0, 0.1) is 11.8 Å². The molecule has 0 N–H and O–H groups in total. The molecule has 2 bridgehead atoms. The van der Waals surface area contributed by atoms with E-state index in [-0.39, 0.29) is 11.8 Å². The van der Waals surface area contributed by atoms with E-state index in [4.69, 9.17) is 27.9 Å². The number of halogens is 2. The molecule has 6 heteroatoms. The average Bonchev–Trinajstić information content (AvgIpc) is 3.27. The van der Waals surface area contributed by atoms with Crippen molar-refractivity contribution in [2.45, 2.75) is 9.75 Å². The number of carbonyl (C=O) groups is 2. The number of ether oxygens (including phenoxy) is 1. The lowest BCUT2D eigenvalue weighted by Crippen LogP contribution is -2.57. The van der Waals surface area contributed by atoms with Crippen molar-refractivity contribution in [1.82, 2.24) is 0 Å². The molecule has 3 aliphatic carbocycles. The Morgan fingerprint density at radius 2 is 1.05 bits per heavy atom. The van der Waals surface area contributed by atoms with Gasteiger partial charge in [-0.3, -0.25) is 9.59 Å². The highest BCUT2D eigenvalue weighted by atomic mass is 35.5. The summed E-state index contributed by atoms with van der Waals surface area (Å²) < 4.78 is 6.19. The zero-order valence-corrected chi connectivity index (χ0v) is 22.6. The highest BCUT2D eigenvalue weighted by Crippen LogP contribution is 2.69. The minimum Gasteiger partial charge on any atom is -0.457 e. The van der Waals surface area contributed by atoms with E-state index >= 15 is 0 Å². The summed E-state index contributed by atoms with van der Waals surface area (Å²) >= 11 is 15.0. The van der Waals surface area contributed by atoms with Gasteiger partial charge < -0.3 is 4.74 Å². The fourth-order valence-electron chi connectivity index (χ4n) is 7.00. The van der Waals surface area contributed by atoms with Crippen molar-refractivity contribution >= 4 is 51.5 Å². The van der Waals surface area contributed by atoms with Gasteiger partial charge in [0.05, 0.1) is 17.5 Å². The van der Waals surface area contributed by atoms with Crippen LogP contribution in [0.2, 0.25) is 0 Å². The Kier molecular flexibility index (Phi) is 4.87. The number of alkyl halides is 2. The van der Waals surface area contributed by atoms with Crippen LogP contribution in [-0.2, 0) is 19.3 Å². The van der Waals surface area contributed by atoms with Crippen LogP contribution < -0.4 is 9.64 Å². The molecule has 2 atom stereocenters. The maximum absolute atomic E-state index is 14.2. The van der Waals surface area contributed by atoms with E-state index in [1.807, 2.05) is 91.0 Å². The van der Waals surface area contributed by atoms with E-state index in [9.17, 15) is 9.59 Å². The molecule has 1 heterocycles. The molecule has 1 fully saturated rings. The molecule has 4 nitrogen and oxygen atoms in total. The first-order valence-electron chi connectivity index (χ1n) is 13.2. The molecule has 0 unspecified atom stereocenters. The van der Waals surface area contributed by atoms with Gasteiger partial charge in [0.25, 0.3) is 0 Å². The molecule has 40 heavy (non-hydrogen) atoms. The van der Waals surface area contributed by atoms with Gasteiger partial charge in [-0.1, -0.05) is 84.9 Å². The topological polar surface area (TPSA) is 46.6 Å². The quantitative estimate of drug-likeness (QED) is 0.167. The first-order valence-corrected chi connectivity index (χ1v) is 13.9. The minimum atomic E-state index is -1.20. The number of nitrogens with zero attached hydrogens (tertiary/aromatic N) is 1. The Balaban J connectivity index is 1.20. The zero-order chi connectivity index (χ0) is 27.2. The second-order valence-corrected chi connectivity index (χ2v) is 11.7. The summed E-state index contributed by atoms with van der Waals surface area (Å²) in [5.74, 6) is -1.04. The summed E-state index contributed by atoms with van der Waals surface area (Å²) in [4.78, 5) is 27.2. The van der Waals surface area contributed by atoms with Crippen LogP contribution in [0.3, 0.4) is 0 Å². The third kappa shape index (κ3) is 2.87. The summed E-state index contributed by atoms with van der Waals surface area (Å²) in [5, 5.41) is 2.08. The van der Waals surface area contributed by atoms with Crippen LogP contribution in [0.5, 0.6) is 11.5 Å². The monoisotopic (exact) mass is 561 g/mol. The summed E-state index contributed by atoms with van der Waals surface area (Å²) in [7, 11) is 0. The molecule has 4 aliphatic rings. The van der Waals surface area contributed by atoms with Crippen molar-refractivity contribution in [1.29, 1.82) is 0 Å². The van der Waals surface area contributed by atoms with Crippen LogP contribution in [0.1, 0.15) is 22.3 Å². The van der Waals surface area contributed by atoms with E-state index in [0.29, 0.717) is 11.4 Å². The molecule has 194 valence electrons. The first kappa shape index (κ1) is 23.7. The Labute approximate surface area is 240 Å². The van der Waals surface area contributed by atoms with Crippen molar-refractivity contribution in [3.8, 4) is 11.5 Å². The second-order valence-electron chi connectivity index (χ2n) is 10.6. The molecule has 0 spiro atoms. The summed E-state index contributed by atoms with van der Waals surface area (Å²) in [6, 6.07) is 36.2. The number of hydrogen-bond acceptors (Lipinski definition) is 3. The molecular formula is C34H21Cl2NO3. The lowest BCUT2D eigenvalue weighted by Gasteiger charge is -2.54. The Bertz CT molecular complexity index is 1760. The van der Waals surface area contributed by atoms with Crippen molar-refractivity contribution in [3.05, 3.63) is 138 Å². The second kappa shape index (κ2) is 8.20. The fourth-order valence-corrected chi connectivity index (χ4v) is 8.09. The van der Waals surface area contributed by atoms with E-state index in [2.05, 4.69) is 0 Å².